The van der Waals surface area contributed by atoms with Crippen LogP contribution in [0.1, 0.15) is 29.6 Å². The smallest absolute Gasteiger partial charge is 0.166 e. The van der Waals surface area contributed by atoms with Crippen LogP contribution in [0.2, 0.25) is 0 Å². The van der Waals surface area contributed by atoms with Crippen LogP contribution in [-0.4, -0.2) is 17.3 Å². The molecule has 0 aliphatic carbocycles. The largest absolute Gasteiger partial charge is 0.496 e. The Bertz CT molecular complexity index is 323. The summed E-state index contributed by atoms with van der Waals surface area (Å²) < 4.78 is 6.26. The molecule has 0 saturated heterocycles. The molecule has 0 radical (unpaired) electrons. The fourth-order valence-electron chi connectivity index (χ4n) is 1.39. The van der Waals surface area contributed by atoms with Crippen LogP contribution in [0.15, 0.2) is 24.3 Å². The highest BCUT2D eigenvalue weighted by atomic mass is 127. The van der Waals surface area contributed by atoms with Gasteiger partial charge in [-0.05, 0) is 29.4 Å². The van der Waals surface area contributed by atoms with Crippen molar-refractivity contribution < 1.29 is 9.53 Å². The molecule has 0 saturated carbocycles. The molecule has 1 rings (SSSR count). The molecular weight excluding hydrogens is 303 g/mol. The monoisotopic (exact) mass is 318 g/mol. The third kappa shape index (κ3) is 3.81. The Hall–Kier alpha value is -0.580. The lowest BCUT2D eigenvalue weighted by Crippen LogP contribution is -2.01. The Morgan fingerprint density at radius 1 is 1.33 bits per heavy atom. The number of hydrogen-bond donors (Lipinski definition) is 0. The van der Waals surface area contributed by atoms with Crippen molar-refractivity contribution in [2.24, 2.45) is 0 Å². The number of alkyl halides is 1. The van der Waals surface area contributed by atoms with Crippen LogP contribution in [0.4, 0.5) is 0 Å². The van der Waals surface area contributed by atoms with Crippen molar-refractivity contribution in [2.75, 3.05) is 11.5 Å². The molecule has 0 N–H and O–H groups in total. The van der Waals surface area contributed by atoms with Crippen molar-refractivity contribution in [1.29, 1.82) is 0 Å². The number of ether oxygens (including phenoxy) is 1. The fourth-order valence-corrected chi connectivity index (χ4v) is 1.93. The summed E-state index contributed by atoms with van der Waals surface area (Å²) in [6, 6.07) is 7.39. The average molecular weight is 318 g/mol. The quantitative estimate of drug-likeness (QED) is 0.347. The third-order valence-corrected chi connectivity index (χ3v) is 2.96. The second-order valence-corrected chi connectivity index (χ2v) is 4.35. The van der Waals surface area contributed by atoms with Crippen LogP contribution in [0, 0.1) is 0 Å². The van der Waals surface area contributed by atoms with E-state index in [0.717, 1.165) is 17.3 Å². The standard InChI is InChI=1S/C12H15IO2/c1-15-12-8-3-2-6-10(12)11(14)7-4-5-9-13/h2-3,6,8H,4-5,7,9H2,1H3. The number of hydrogen-bond acceptors (Lipinski definition) is 2. The van der Waals surface area contributed by atoms with Gasteiger partial charge in [-0.1, -0.05) is 34.7 Å². The number of carbonyl (C=O) groups is 1. The van der Waals surface area contributed by atoms with Crippen molar-refractivity contribution in [3.63, 3.8) is 0 Å². The van der Waals surface area contributed by atoms with E-state index in [-0.39, 0.29) is 5.78 Å². The Morgan fingerprint density at radius 3 is 2.73 bits per heavy atom. The molecule has 0 bridgehead atoms. The van der Waals surface area contributed by atoms with E-state index in [2.05, 4.69) is 22.6 Å². The van der Waals surface area contributed by atoms with Gasteiger partial charge in [0.05, 0.1) is 12.7 Å². The van der Waals surface area contributed by atoms with E-state index in [4.69, 9.17) is 4.74 Å². The lowest BCUT2D eigenvalue weighted by atomic mass is 10.0. The fraction of sp³-hybridized carbons (Fsp3) is 0.417. The minimum absolute atomic E-state index is 0.178. The minimum atomic E-state index is 0.178. The maximum atomic E-state index is 11.8. The zero-order chi connectivity index (χ0) is 11.1. The summed E-state index contributed by atoms with van der Waals surface area (Å²) in [6.45, 7) is 0. The molecule has 0 heterocycles. The molecule has 0 spiro atoms. The number of unbranched alkanes of at least 4 members (excludes halogenated alkanes) is 1. The van der Waals surface area contributed by atoms with Gasteiger partial charge in [-0.15, -0.1) is 0 Å². The first-order valence-electron chi connectivity index (χ1n) is 5.01. The van der Waals surface area contributed by atoms with Crippen LogP contribution < -0.4 is 4.74 Å². The summed E-state index contributed by atoms with van der Waals surface area (Å²) in [6.07, 6.45) is 2.67. The van der Waals surface area contributed by atoms with Gasteiger partial charge in [-0.2, -0.15) is 0 Å². The molecule has 0 unspecified atom stereocenters. The molecule has 1 aromatic carbocycles. The van der Waals surface area contributed by atoms with E-state index in [9.17, 15) is 4.79 Å². The molecule has 82 valence electrons. The van der Waals surface area contributed by atoms with Gasteiger partial charge < -0.3 is 4.74 Å². The van der Waals surface area contributed by atoms with Crippen LogP contribution >= 0.6 is 22.6 Å². The van der Waals surface area contributed by atoms with Crippen LogP contribution in [0.25, 0.3) is 0 Å². The Balaban J connectivity index is 2.64. The van der Waals surface area contributed by atoms with Gasteiger partial charge in [0.2, 0.25) is 0 Å². The van der Waals surface area contributed by atoms with Crippen molar-refractivity contribution in [1.82, 2.24) is 0 Å². The molecular formula is C12H15IO2. The van der Waals surface area contributed by atoms with Crippen LogP contribution in [-0.2, 0) is 0 Å². The van der Waals surface area contributed by atoms with E-state index < -0.39 is 0 Å². The zero-order valence-corrected chi connectivity index (χ0v) is 11.0. The lowest BCUT2D eigenvalue weighted by Gasteiger charge is -2.06. The summed E-state index contributed by atoms with van der Waals surface area (Å²) in [5, 5.41) is 0. The Kier molecular flexibility index (Phi) is 5.68. The number of rotatable bonds is 6. The molecule has 0 aliphatic heterocycles. The summed E-state index contributed by atoms with van der Waals surface area (Å²) in [5.41, 5.74) is 0.702. The summed E-state index contributed by atoms with van der Waals surface area (Å²) >= 11 is 2.33. The van der Waals surface area contributed by atoms with E-state index in [1.54, 1.807) is 7.11 Å². The number of methoxy groups -OCH3 is 1. The topological polar surface area (TPSA) is 26.3 Å². The van der Waals surface area contributed by atoms with Crippen molar-refractivity contribution in [2.45, 2.75) is 19.3 Å². The number of para-hydroxylation sites is 1. The highest BCUT2D eigenvalue weighted by Crippen LogP contribution is 2.19. The van der Waals surface area contributed by atoms with Crippen molar-refractivity contribution in [3.05, 3.63) is 29.8 Å². The van der Waals surface area contributed by atoms with Crippen molar-refractivity contribution >= 4 is 28.4 Å². The molecule has 0 aromatic heterocycles. The first kappa shape index (κ1) is 12.5. The molecule has 3 heteroatoms. The summed E-state index contributed by atoms with van der Waals surface area (Å²) in [7, 11) is 1.59. The Morgan fingerprint density at radius 2 is 2.07 bits per heavy atom. The predicted molar refractivity (Wildman–Crippen MR) is 70.1 cm³/mol. The van der Waals surface area contributed by atoms with Gasteiger partial charge in [0.15, 0.2) is 5.78 Å². The van der Waals surface area contributed by atoms with Gasteiger partial charge in [-0.3, -0.25) is 4.79 Å². The number of benzene rings is 1. The lowest BCUT2D eigenvalue weighted by molar-refractivity contribution is 0.0977. The Labute approximate surface area is 104 Å². The van der Waals surface area contributed by atoms with E-state index in [1.807, 2.05) is 24.3 Å². The number of Topliss-reactive ketones (excluding diaryl/α,β-unsaturated/α-hetero) is 1. The number of halogens is 1. The van der Waals surface area contributed by atoms with E-state index in [1.165, 1.54) is 0 Å². The number of carbonyl (C=O) groups excluding carboxylic acids is 1. The molecule has 2 nitrogen and oxygen atoms in total. The van der Waals surface area contributed by atoms with Gasteiger partial charge >= 0.3 is 0 Å². The van der Waals surface area contributed by atoms with Crippen LogP contribution in [0.3, 0.4) is 0 Å². The average Bonchev–Trinajstić information content (AvgIpc) is 2.29. The summed E-state index contributed by atoms with van der Waals surface area (Å²) in [4.78, 5) is 11.8. The minimum Gasteiger partial charge on any atom is -0.496 e. The van der Waals surface area contributed by atoms with Gasteiger partial charge in [0, 0.05) is 6.42 Å². The second kappa shape index (κ2) is 6.82. The highest BCUT2D eigenvalue weighted by molar-refractivity contribution is 14.1. The third-order valence-electron chi connectivity index (χ3n) is 2.19. The van der Waals surface area contributed by atoms with Crippen LogP contribution in [0.5, 0.6) is 5.75 Å². The predicted octanol–water partition coefficient (Wildman–Crippen LogP) is 3.48. The molecule has 0 aliphatic rings. The molecule has 0 atom stereocenters. The molecule has 15 heavy (non-hydrogen) atoms. The number of ketones is 1. The van der Waals surface area contributed by atoms with E-state index in [0.29, 0.717) is 17.7 Å². The first-order valence-corrected chi connectivity index (χ1v) is 6.54. The van der Waals surface area contributed by atoms with Gasteiger partial charge in [-0.25, -0.2) is 0 Å². The van der Waals surface area contributed by atoms with Gasteiger partial charge in [0.1, 0.15) is 5.75 Å². The summed E-state index contributed by atoms with van der Waals surface area (Å²) in [5.74, 6) is 0.856. The van der Waals surface area contributed by atoms with Gasteiger partial charge in [0.25, 0.3) is 0 Å². The first-order chi connectivity index (χ1) is 7.29. The zero-order valence-electron chi connectivity index (χ0n) is 8.83. The highest BCUT2D eigenvalue weighted by Gasteiger charge is 2.10. The second-order valence-electron chi connectivity index (χ2n) is 3.27. The molecule has 0 amide bonds. The maximum Gasteiger partial charge on any atom is 0.166 e. The van der Waals surface area contributed by atoms with Crippen molar-refractivity contribution in [3.8, 4) is 5.75 Å². The molecule has 0 fully saturated rings. The molecule has 1 aromatic rings. The SMILES string of the molecule is COc1ccccc1C(=O)CCCCI. The maximum absolute atomic E-state index is 11.8. The normalized spacial score (nSPS) is 10.0. The van der Waals surface area contributed by atoms with E-state index >= 15 is 0 Å².